The van der Waals surface area contributed by atoms with Crippen LogP contribution in [0.5, 0.6) is 0 Å². The third-order valence-corrected chi connectivity index (χ3v) is 6.22. The number of rotatable bonds is 4. The molecule has 2 fully saturated rings. The van der Waals surface area contributed by atoms with Crippen molar-refractivity contribution in [2.75, 3.05) is 0 Å². The number of nitrogens with one attached hydrogen (secondary N) is 2. The van der Waals surface area contributed by atoms with E-state index in [4.69, 9.17) is 5.73 Å². The summed E-state index contributed by atoms with van der Waals surface area (Å²) < 4.78 is 0. The minimum Gasteiger partial charge on any atom is -0.353 e. The van der Waals surface area contributed by atoms with E-state index in [1.165, 1.54) is 6.42 Å². The Hall–Kier alpha value is -2.54. The van der Waals surface area contributed by atoms with Crippen molar-refractivity contribution in [3.8, 4) is 11.4 Å². The van der Waals surface area contributed by atoms with E-state index >= 15 is 0 Å². The zero-order chi connectivity index (χ0) is 19.7. The summed E-state index contributed by atoms with van der Waals surface area (Å²) in [5.41, 5.74) is 7.70. The van der Waals surface area contributed by atoms with Crippen LogP contribution in [0, 0.1) is 18.8 Å². The molecular weight excluding hydrogens is 354 g/mol. The molecule has 2 heterocycles. The van der Waals surface area contributed by atoms with Gasteiger partial charge in [-0.25, -0.2) is 4.98 Å². The van der Waals surface area contributed by atoms with Gasteiger partial charge in [0.05, 0.1) is 6.42 Å². The summed E-state index contributed by atoms with van der Waals surface area (Å²) >= 11 is 0. The molecule has 0 aromatic carbocycles. The molecule has 7 nitrogen and oxygen atoms in total. The van der Waals surface area contributed by atoms with Gasteiger partial charge in [-0.1, -0.05) is 6.42 Å². The van der Waals surface area contributed by atoms with Crippen LogP contribution in [0.15, 0.2) is 29.3 Å². The van der Waals surface area contributed by atoms with Gasteiger partial charge in [-0.05, 0) is 56.6 Å². The Balaban J connectivity index is 1.48. The van der Waals surface area contributed by atoms with Crippen LogP contribution in [-0.4, -0.2) is 32.9 Å². The first-order valence-electron chi connectivity index (χ1n) is 10.1. The van der Waals surface area contributed by atoms with E-state index in [-0.39, 0.29) is 30.0 Å². The van der Waals surface area contributed by atoms with Crippen LogP contribution in [0.25, 0.3) is 11.4 Å². The molecule has 2 aromatic rings. The van der Waals surface area contributed by atoms with Crippen LogP contribution in [0.2, 0.25) is 0 Å². The molecule has 2 saturated carbocycles. The minimum atomic E-state index is -0.264. The molecule has 7 heteroatoms. The summed E-state index contributed by atoms with van der Waals surface area (Å²) in [5.74, 6) is 1.30. The van der Waals surface area contributed by atoms with E-state index in [0.717, 1.165) is 31.2 Å². The van der Waals surface area contributed by atoms with Crippen LogP contribution >= 0.6 is 0 Å². The number of pyridine rings is 1. The fraction of sp³-hybridized carbons (Fsp3) is 0.524. The molecule has 2 aromatic heterocycles. The summed E-state index contributed by atoms with van der Waals surface area (Å²) in [6, 6.07) is 4.01. The second-order valence-corrected chi connectivity index (χ2v) is 8.17. The van der Waals surface area contributed by atoms with Crippen molar-refractivity contribution in [2.24, 2.45) is 17.6 Å². The van der Waals surface area contributed by atoms with Gasteiger partial charge in [0.2, 0.25) is 5.91 Å². The van der Waals surface area contributed by atoms with Gasteiger partial charge in [0.25, 0.3) is 5.56 Å². The quantitative estimate of drug-likeness (QED) is 0.746. The Labute approximate surface area is 164 Å². The van der Waals surface area contributed by atoms with Crippen molar-refractivity contribution in [2.45, 2.75) is 57.5 Å². The average molecular weight is 381 g/mol. The Morgan fingerprint density at radius 1 is 1.25 bits per heavy atom. The zero-order valence-electron chi connectivity index (χ0n) is 16.1. The topological polar surface area (TPSA) is 114 Å². The number of aryl methyl sites for hydroxylation is 1. The normalized spacial score (nSPS) is 26.6. The molecule has 0 spiro atoms. The highest BCUT2D eigenvalue weighted by Gasteiger charge is 2.39. The Morgan fingerprint density at radius 3 is 2.57 bits per heavy atom. The van der Waals surface area contributed by atoms with E-state index in [2.05, 4.69) is 20.3 Å². The zero-order valence-corrected chi connectivity index (χ0v) is 16.1. The molecule has 4 N–H and O–H groups in total. The Morgan fingerprint density at radius 2 is 1.93 bits per heavy atom. The van der Waals surface area contributed by atoms with Crippen molar-refractivity contribution in [3.05, 3.63) is 46.1 Å². The van der Waals surface area contributed by atoms with E-state index in [1.54, 1.807) is 31.5 Å². The summed E-state index contributed by atoms with van der Waals surface area (Å²) in [5, 5.41) is 3.21. The lowest BCUT2D eigenvalue weighted by Gasteiger charge is -2.45. The lowest BCUT2D eigenvalue weighted by atomic mass is 9.67. The number of hydrogen-bond donors (Lipinski definition) is 3. The van der Waals surface area contributed by atoms with Gasteiger partial charge in [0, 0.05) is 41.3 Å². The fourth-order valence-electron chi connectivity index (χ4n) is 4.89. The highest BCUT2D eigenvalue weighted by molar-refractivity contribution is 5.79. The van der Waals surface area contributed by atoms with Crippen LogP contribution in [-0.2, 0) is 11.2 Å². The molecule has 2 bridgehead atoms. The third-order valence-electron chi connectivity index (χ3n) is 6.22. The highest BCUT2D eigenvalue weighted by atomic mass is 16.2. The number of carbonyl (C=O) groups excluding carboxylic acids is 1. The summed E-state index contributed by atoms with van der Waals surface area (Å²) in [4.78, 5) is 36.6. The predicted molar refractivity (Wildman–Crippen MR) is 107 cm³/mol. The van der Waals surface area contributed by atoms with Crippen molar-refractivity contribution >= 4 is 5.91 Å². The summed E-state index contributed by atoms with van der Waals surface area (Å²) in [6.07, 6.45) is 8.76. The maximum absolute atomic E-state index is 12.7. The monoisotopic (exact) mass is 381 g/mol. The number of amides is 1. The second-order valence-electron chi connectivity index (χ2n) is 8.17. The van der Waals surface area contributed by atoms with Gasteiger partial charge in [0.15, 0.2) is 0 Å². The number of aromatic nitrogens is 3. The number of fused-ring (bicyclic) bond motifs is 2. The average Bonchev–Trinajstić information content (AvgIpc) is 2.66. The first-order chi connectivity index (χ1) is 13.5. The Bertz CT molecular complexity index is 897. The smallest absolute Gasteiger partial charge is 0.255 e. The number of hydrogen-bond acceptors (Lipinski definition) is 5. The number of aromatic amines is 1. The van der Waals surface area contributed by atoms with Gasteiger partial charge in [-0.3, -0.25) is 14.6 Å². The molecule has 2 aliphatic rings. The predicted octanol–water partition coefficient (Wildman–Crippen LogP) is 1.71. The molecule has 148 valence electrons. The first kappa shape index (κ1) is 18.8. The van der Waals surface area contributed by atoms with Crippen LogP contribution in [0.3, 0.4) is 0 Å². The molecule has 0 radical (unpaired) electrons. The lowest BCUT2D eigenvalue weighted by Crippen LogP contribution is -2.54. The first-order valence-corrected chi connectivity index (χ1v) is 10.1. The minimum absolute atomic E-state index is 0.0484. The molecule has 4 rings (SSSR count). The van der Waals surface area contributed by atoms with Crippen molar-refractivity contribution < 1.29 is 4.79 Å². The van der Waals surface area contributed by atoms with Crippen molar-refractivity contribution in [1.29, 1.82) is 0 Å². The van der Waals surface area contributed by atoms with E-state index in [1.807, 2.05) is 0 Å². The third kappa shape index (κ3) is 3.85. The molecular formula is C21H27N5O2. The van der Waals surface area contributed by atoms with Gasteiger partial charge >= 0.3 is 0 Å². The molecule has 2 unspecified atom stereocenters. The standard InChI is InChI=1S/C21H27N5O2/c1-12-17(21(28)26-20(24-12)13-5-7-23-8-6-13)11-18(27)25-19-14-3-2-4-15(19)10-16(22)9-14/h5-8,14-16,19H,2-4,9-11,22H2,1H3,(H,25,27)(H,24,26,28). The van der Waals surface area contributed by atoms with Crippen molar-refractivity contribution in [3.63, 3.8) is 0 Å². The fourth-order valence-corrected chi connectivity index (χ4v) is 4.89. The summed E-state index contributed by atoms with van der Waals surface area (Å²) in [6.45, 7) is 1.77. The summed E-state index contributed by atoms with van der Waals surface area (Å²) in [7, 11) is 0. The second kappa shape index (κ2) is 7.83. The lowest BCUT2D eigenvalue weighted by molar-refractivity contribution is -0.122. The number of H-pyrrole nitrogens is 1. The van der Waals surface area contributed by atoms with Gasteiger partial charge in [-0.15, -0.1) is 0 Å². The maximum atomic E-state index is 12.7. The molecule has 0 saturated heterocycles. The van der Waals surface area contributed by atoms with Gasteiger partial charge < -0.3 is 16.0 Å². The highest BCUT2D eigenvalue weighted by Crippen LogP contribution is 2.39. The van der Waals surface area contributed by atoms with Gasteiger partial charge in [-0.2, -0.15) is 0 Å². The van der Waals surface area contributed by atoms with E-state index in [0.29, 0.717) is 28.9 Å². The largest absolute Gasteiger partial charge is 0.353 e. The SMILES string of the molecule is Cc1nc(-c2ccncc2)[nH]c(=O)c1CC(=O)NC1C2CCCC1CC(N)C2. The van der Waals surface area contributed by atoms with Crippen molar-refractivity contribution in [1.82, 2.24) is 20.3 Å². The maximum Gasteiger partial charge on any atom is 0.255 e. The Kier molecular flexibility index (Phi) is 5.26. The number of carbonyl (C=O) groups is 1. The molecule has 2 atom stereocenters. The van der Waals surface area contributed by atoms with E-state index < -0.39 is 0 Å². The van der Waals surface area contributed by atoms with Crippen LogP contribution < -0.4 is 16.6 Å². The van der Waals surface area contributed by atoms with Crippen LogP contribution in [0.1, 0.15) is 43.4 Å². The van der Waals surface area contributed by atoms with E-state index in [9.17, 15) is 9.59 Å². The van der Waals surface area contributed by atoms with Crippen LogP contribution in [0.4, 0.5) is 0 Å². The molecule has 1 amide bonds. The molecule has 0 aliphatic heterocycles. The van der Waals surface area contributed by atoms with Gasteiger partial charge in [0.1, 0.15) is 5.82 Å². The molecule has 2 aliphatic carbocycles. The molecule has 28 heavy (non-hydrogen) atoms. The number of nitrogens with zero attached hydrogens (tertiary/aromatic N) is 2. The number of nitrogens with two attached hydrogens (primary N) is 1.